The molecule has 0 unspecified atom stereocenters. The number of benzene rings is 2. The number of nitrogens with zero attached hydrogens (tertiary/aromatic N) is 2. The Bertz CT molecular complexity index is 981. The van der Waals surface area contributed by atoms with Crippen LogP contribution in [0.5, 0.6) is 0 Å². The molecule has 26 heavy (non-hydrogen) atoms. The lowest BCUT2D eigenvalue weighted by molar-refractivity contribution is 0.130. The minimum atomic E-state index is -1.06. The number of likely N-dealkylation sites (N-methyl/N-ethyl adjacent to an activating group) is 1. The van der Waals surface area contributed by atoms with Crippen molar-refractivity contribution in [3.05, 3.63) is 70.1 Å². The lowest BCUT2D eigenvalue weighted by Gasteiger charge is -2.25. The summed E-state index contributed by atoms with van der Waals surface area (Å²) < 4.78 is 31.1. The highest BCUT2D eigenvalue weighted by atomic mass is 19.1. The maximum atomic E-state index is 14.6. The maximum Gasteiger partial charge on any atom is 0.329 e. The summed E-state index contributed by atoms with van der Waals surface area (Å²) in [5.74, 6) is -1.05. The van der Waals surface area contributed by atoms with E-state index in [0.717, 1.165) is 0 Å². The van der Waals surface area contributed by atoms with Gasteiger partial charge in [-0.25, -0.2) is 13.6 Å². The number of aliphatic hydroxyl groups excluding tert-OH is 1. The van der Waals surface area contributed by atoms with Crippen LogP contribution >= 0.6 is 0 Å². The monoisotopic (exact) mass is 361 g/mol. The molecule has 0 saturated carbocycles. The van der Waals surface area contributed by atoms with Crippen molar-refractivity contribution < 1.29 is 13.9 Å². The summed E-state index contributed by atoms with van der Waals surface area (Å²) in [5.41, 5.74) is 0.490. The van der Waals surface area contributed by atoms with Gasteiger partial charge < -0.3 is 10.4 Å². The zero-order valence-electron chi connectivity index (χ0n) is 14.6. The molecule has 5 nitrogen and oxygen atoms in total. The van der Waals surface area contributed by atoms with E-state index in [0.29, 0.717) is 17.6 Å². The largest absolute Gasteiger partial charge is 0.389 e. The van der Waals surface area contributed by atoms with Gasteiger partial charge >= 0.3 is 5.69 Å². The van der Waals surface area contributed by atoms with Gasteiger partial charge in [0.1, 0.15) is 17.2 Å². The first-order valence-corrected chi connectivity index (χ1v) is 8.47. The van der Waals surface area contributed by atoms with Crippen LogP contribution in [-0.2, 0) is 6.54 Å². The number of halogens is 2. The van der Waals surface area contributed by atoms with Gasteiger partial charge in [-0.15, -0.1) is 0 Å². The quantitative estimate of drug-likeness (QED) is 0.708. The van der Waals surface area contributed by atoms with E-state index in [1.165, 1.54) is 39.5 Å². The van der Waals surface area contributed by atoms with Crippen LogP contribution in [0, 0.1) is 11.6 Å². The highest BCUT2D eigenvalue weighted by Crippen LogP contribution is 2.28. The Hall–Kier alpha value is -2.51. The molecule has 0 aliphatic heterocycles. The average molecular weight is 361 g/mol. The Balaban J connectivity index is 2.35. The van der Waals surface area contributed by atoms with Crippen molar-refractivity contribution in [3.8, 4) is 0 Å². The molecule has 0 bridgehead atoms. The molecule has 0 fully saturated rings. The van der Waals surface area contributed by atoms with Gasteiger partial charge in [0, 0.05) is 13.1 Å². The third kappa shape index (κ3) is 3.04. The molecule has 2 aromatic carbocycles. The standard InChI is InChI=1S/C19H21F2N3O2/c1-3-23-15-9-5-8-14(21)18(15)24(19(23)26)17(16(25)11-22-2)12-6-4-7-13(20)10-12/h4-10,16-17,22,25H,3,11H2,1-2H3/t16-,17-/m1/s1. The normalized spacial score (nSPS) is 13.9. The van der Waals surface area contributed by atoms with Crippen LogP contribution in [0.3, 0.4) is 0 Å². The van der Waals surface area contributed by atoms with Crippen molar-refractivity contribution in [2.24, 2.45) is 0 Å². The van der Waals surface area contributed by atoms with Gasteiger partial charge in [0.15, 0.2) is 0 Å². The summed E-state index contributed by atoms with van der Waals surface area (Å²) in [6.07, 6.45) is -1.06. The molecule has 2 atom stereocenters. The molecule has 0 amide bonds. The third-order valence-electron chi connectivity index (χ3n) is 4.50. The van der Waals surface area contributed by atoms with Crippen LogP contribution in [0.2, 0.25) is 0 Å². The molecular formula is C19H21F2N3O2. The SMILES string of the molecule is CCn1c(=O)n([C@H](c2cccc(F)c2)[C@H](O)CNC)c2c(F)cccc21. The summed E-state index contributed by atoms with van der Waals surface area (Å²) in [6.45, 7) is 2.29. The predicted octanol–water partition coefficient (Wildman–Crippen LogP) is 2.27. The molecule has 0 spiro atoms. The van der Waals surface area contributed by atoms with Crippen LogP contribution in [0.25, 0.3) is 11.0 Å². The first kappa shape index (κ1) is 18.3. The van der Waals surface area contributed by atoms with Gasteiger partial charge in [0.05, 0.1) is 17.7 Å². The summed E-state index contributed by atoms with van der Waals surface area (Å²) >= 11 is 0. The number of hydrogen-bond donors (Lipinski definition) is 2. The van der Waals surface area contributed by atoms with E-state index < -0.39 is 29.5 Å². The van der Waals surface area contributed by atoms with Gasteiger partial charge in [0.2, 0.25) is 0 Å². The van der Waals surface area contributed by atoms with E-state index in [9.17, 15) is 18.7 Å². The van der Waals surface area contributed by atoms with Crippen LogP contribution < -0.4 is 11.0 Å². The van der Waals surface area contributed by atoms with Crippen LogP contribution in [0.4, 0.5) is 8.78 Å². The van der Waals surface area contributed by atoms with Crippen molar-refractivity contribution in [2.45, 2.75) is 25.6 Å². The van der Waals surface area contributed by atoms with Gasteiger partial charge in [0.25, 0.3) is 0 Å². The number of aryl methyl sites for hydroxylation is 1. The molecule has 0 aliphatic rings. The first-order valence-electron chi connectivity index (χ1n) is 8.47. The first-order chi connectivity index (χ1) is 12.5. The zero-order valence-corrected chi connectivity index (χ0v) is 14.6. The van der Waals surface area contributed by atoms with E-state index in [2.05, 4.69) is 5.32 Å². The number of imidazole rings is 1. The highest BCUT2D eigenvalue weighted by molar-refractivity contribution is 5.77. The number of hydrogen-bond acceptors (Lipinski definition) is 3. The molecule has 0 aliphatic carbocycles. The Morgan fingerprint density at radius 3 is 2.58 bits per heavy atom. The second-order valence-electron chi connectivity index (χ2n) is 6.13. The lowest BCUT2D eigenvalue weighted by Crippen LogP contribution is -2.38. The van der Waals surface area contributed by atoms with E-state index in [4.69, 9.17) is 0 Å². The lowest BCUT2D eigenvalue weighted by atomic mass is 10.0. The van der Waals surface area contributed by atoms with Gasteiger partial charge in [-0.3, -0.25) is 9.13 Å². The van der Waals surface area contributed by atoms with E-state index in [1.807, 2.05) is 0 Å². The predicted molar refractivity (Wildman–Crippen MR) is 96.3 cm³/mol. The molecule has 7 heteroatoms. The van der Waals surface area contributed by atoms with E-state index >= 15 is 0 Å². The molecule has 0 saturated heterocycles. The molecule has 1 heterocycles. The smallest absolute Gasteiger partial charge is 0.329 e. The minimum Gasteiger partial charge on any atom is -0.389 e. The second-order valence-corrected chi connectivity index (χ2v) is 6.13. The van der Waals surface area contributed by atoms with Crippen molar-refractivity contribution in [1.82, 2.24) is 14.5 Å². The summed E-state index contributed by atoms with van der Waals surface area (Å²) in [7, 11) is 1.66. The second kappa shape index (κ2) is 7.39. The fraction of sp³-hybridized carbons (Fsp3) is 0.316. The molecule has 2 N–H and O–H groups in total. The summed E-state index contributed by atoms with van der Waals surface area (Å²) in [4.78, 5) is 13.0. The maximum absolute atomic E-state index is 14.6. The fourth-order valence-electron chi connectivity index (χ4n) is 3.41. The molecule has 3 rings (SSSR count). The van der Waals surface area contributed by atoms with E-state index in [1.54, 1.807) is 26.1 Å². The highest BCUT2D eigenvalue weighted by Gasteiger charge is 2.29. The topological polar surface area (TPSA) is 59.2 Å². The summed E-state index contributed by atoms with van der Waals surface area (Å²) in [5, 5.41) is 13.5. The average Bonchev–Trinajstić information content (AvgIpc) is 2.89. The summed E-state index contributed by atoms with van der Waals surface area (Å²) in [6, 6.07) is 9.19. The van der Waals surface area contributed by atoms with Crippen molar-refractivity contribution >= 4 is 11.0 Å². The number of rotatable bonds is 6. The number of aromatic nitrogens is 2. The molecular weight excluding hydrogens is 340 g/mol. The molecule has 1 aromatic heterocycles. The van der Waals surface area contributed by atoms with E-state index in [-0.39, 0.29) is 12.1 Å². The van der Waals surface area contributed by atoms with Crippen LogP contribution in [0.15, 0.2) is 47.3 Å². The molecule has 3 aromatic rings. The van der Waals surface area contributed by atoms with Crippen molar-refractivity contribution in [3.63, 3.8) is 0 Å². The minimum absolute atomic E-state index is 0.101. The van der Waals surface area contributed by atoms with Crippen molar-refractivity contribution in [1.29, 1.82) is 0 Å². The Kier molecular flexibility index (Phi) is 5.20. The Morgan fingerprint density at radius 1 is 1.19 bits per heavy atom. The van der Waals surface area contributed by atoms with Crippen LogP contribution in [-0.4, -0.2) is 33.9 Å². The van der Waals surface area contributed by atoms with Crippen molar-refractivity contribution in [2.75, 3.05) is 13.6 Å². The number of aliphatic hydroxyl groups is 1. The number of nitrogens with one attached hydrogen (secondary N) is 1. The Morgan fingerprint density at radius 2 is 1.92 bits per heavy atom. The van der Waals surface area contributed by atoms with Gasteiger partial charge in [-0.05, 0) is 43.8 Å². The molecule has 138 valence electrons. The number of para-hydroxylation sites is 1. The molecule has 0 radical (unpaired) electrons. The third-order valence-corrected chi connectivity index (χ3v) is 4.50. The van der Waals surface area contributed by atoms with Crippen LogP contribution in [0.1, 0.15) is 18.5 Å². The number of fused-ring (bicyclic) bond motifs is 1. The fourth-order valence-corrected chi connectivity index (χ4v) is 3.41. The zero-order chi connectivity index (χ0) is 18.8. The van der Waals surface area contributed by atoms with Gasteiger partial charge in [-0.2, -0.15) is 0 Å². The van der Waals surface area contributed by atoms with Gasteiger partial charge in [-0.1, -0.05) is 18.2 Å². The Labute approximate surface area is 149 Å².